The predicted octanol–water partition coefficient (Wildman–Crippen LogP) is 3.11. The van der Waals surface area contributed by atoms with Crippen LogP contribution in [0.2, 0.25) is 5.02 Å². The van der Waals surface area contributed by atoms with Gasteiger partial charge in [-0.3, -0.25) is 0 Å². The number of aromatic nitrogens is 1. The second-order valence-corrected chi connectivity index (χ2v) is 6.87. The molecule has 25 heavy (non-hydrogen) atoms. The predicted molar refractivity (Wildman–Crippen MR) is 94.2 cm³/mol. The van der Waals surface area contributed by atoms with Crippen LogP contribution < -0.4 is 20.2 Å². The Morgan fingerprint density at radius 3 is 2.88 bits per heavy atom. The highest BCUT2D eigenvalue weighted by atomic mass is 35.5. The lowest BCUT2D eigenvalue weighted by atomic mass is 10.0. The van der Waals surface area contributed by atoms with Crippen LogP contribution in [0.1, 0.15) is 23.1 Å². The van der Waals surface area contributed by atoms with Crippen LogP contribution in [0.4, 0.5) is 5.82 Å². The van der Waals surface area contributed by atoms with Crippen LogP contribution in [0.3, 0.4) is 0 Å². The third-order valence-corrected chi connectivity index (χ3v) is 5.29. The van der Waals surface area contributed by atoms with Crippen LogP contribution >= 0.6 is 11.6 Å². The van der Waals surface area contributed by atoms with Gasteiger partial charge in [0.05, 0.1) is 16.8 Å². The number of fused-ring (bicyclic) bond motifs is 5. The maximum atomic E-state index is 12.4. The van der Waals surface area contributed by atoms with E-state index in [1.807, 2.05) is 35.4 Å². The van der Waals surface area contributed by atoms with Crippen LogP contribution in [-0.2, 0) is 19.4 Å². The summed E-state index contributed by atoms with van der Waals surface area (Å²) in [6, 6.07) is 7.75. The highest BCUT2D eigenvalue weighted by Gasteiger charge is 2.31. The quantitative estimate of drug-likeness (QED) is 0.629. The summed E-state index contributed by atoms with van der Waals surface area (Å²) >= 11 is 6.49. The van der Waals surface area contributed by atoms with E-state index in [0.29, 0.717) is 29.6 Å². The molecule has 2 aromatic heterocycles. The summed E-state index contributed by atoms with van der Waals surface area (Å²) in [6.07, 6.45) is 4.52. The fourth-order valence-electron chi connectivity index (χ4n) is 3.84. The number of nitrogens with zero attached hydrogens (tertiary/aromatic N) is 1. The molecule has 0 radical (unpaired) electrons. The minimum absolute atomic E-state index is 0.229. The molecule has 0 bridgehead atoms. The Balaban J connectivity index is 1.72. The van der Waals surface area contributed by atoms with E-state index in [1.165, 1.54) is 0 Å². The smallest absolute Gasteiger partial charge is 0.339 e. The average Bonchev–Trinajstić information content (AvgIpc) is 3.14. The molecule has 0 amide bonds. The largest absolute Gasteiger partial charge is 0.453 e. The minimum Gasteiger partial charge on any atom is -0.453 e. The van der Waals surface area contributed by atoms with Crippen molar-refractivity contribution in [3.8, 4) is 5.75 Å². The number of hydrogen-bond acceptors (Lipinski definition) is 4. The molecule has 3 heterocycles. The van der Waals surface area contributed by atoms with Crippen molar-refractivity contribution in [2.45, 2.75) is 25.8 Å². The number of aromatic amines is 1. The number of nitrogens with one attached hydrogen (secondary N) is 1. The minimum atomic E-state index is -0.229. The van der Waals surface area contributed by atoms with E-state index >= 15 is 0 Å². The highest BCUT2D eigenvalue weighted by Crippen LogP contribution is 2.41. The molecule has 126 valence electrons. The Bertz CT molecular complexity index is 1050. The summed E-state index contributed by atoms with van der Waals surface area (Å²) < 4.78 is 11.6. The van der Waals surface area contributed by atoms with Crippen molar-refractivity contribution < 1.29 is 14.1 Å². The summed E-state index contributed by atoms with van der Waals surface area (Å²) in [5.74, 6) is 1.55. The first-order valence-corrected chi connectivity index (χ1v) is 8.74. The molecule has 3 aromatic rings. The number of H-pyrrole nitrogens is 1. The number of halogens is 1. The lowest BCUT2D eigenvalue weighted by Gasteiger charge is -2.25. The number of anilines is 1. The Kier molecular flexibility index (Phi) is 3.25. The van der Waals surface area contributed by atoms with E-state index in [-0.39, 0.29) is 5.63 Å². The number of rotatable bonds is 1. The van der Waals surface area contributed by atoms with Crippen LogP contribution in [0.25, 0.3) is 11.0 Å². The molecule has 2 aliphatic rings. The molecule has 0 unspecified atom stereocenters. The Hall–Kier alpha value is -2.53. The second-order valence-electron chi connectivity index (χ2n) is 6.46. The summed E-state index contributed by atoms with van der Waals surface area (Å²) in [5.41, 5.74) is 3.09. The van der Waals surface area contributed by atoms with Gasteiger partial charge in [-0.15, -0.1) is 0 Å². The zero-order valence-corrected chi connectivity index (χ0v) is 14.2. The summed E-state index contributed by atoms with van der Waals surface area (Å²) in [5, 5.41) is 1.51. The highest BCUT2D eigenvalue weighted by molar-refractivity contribution is 6.33. The molecule has 5 nitrogen and oxygen atoms in total. The summed E-state index contributed by atoms with van der Waals surface area (Å²) in [6.45, 7) is 0.947. The fourth-order valence-corrected chi connectivity index (χ4v) is 4.12. The lowest BCUT2D eigenvalue weighted by molar-refractivity contribution is -0.364. The van der Waals surface area contributed by atoms with Crippen molar-refractivity contribution in [2.24, 2.45) is 0 Å². The molecule has 1 aliphatic carbocycles. The molecule has 5 rings (SSSR count). The monoisotopic (exact) mass is 355 g/mol. The van der Waals surface area contributed by atoms with Gasteiger partial charge < -0.3 is 9.15 Å². The van der Waals surface area contributed by atoms with Crippen LogP contribution in [-0.4, -0.2) is 6.73 Å². The Labute approximate surface area is 148 Å². The zero-order valence-electron chi connectivity index (χ0n) is 13.5. The zero-order chi connectivity index (χ0) is 17.0. The third kappa shape index (κ3) is 2.23. The van der Waals surface area contributed by atoms with E-state index < -0.39 is 0 Å². The molecule has 0 saturated heterocycles. The maximum absolute atomic E-state index is 12.4. The van der Waals surface area contributed by atoms with Gasteiger partial charge in [0.15, 0.2) is 5.75 Å². The third-order valence-electron chi connectivity index (χ3n) is 5.01. The molecule has 0 fully saturated rings. The first-order chi connectivity index (χ1) is 12.2. The van der Waals surface area contributed by atoms with E-state index in [4.69, 9.17) is 20.8 Å². The molecule has 1 N–H and O–H groups in total. The number of hydrogen-bond donors (Lipinski definition) is 0. The standard InChI is InChI=1S/C19H15ClN2O3/c20-15-8-13-11-4-3-5-12(11)19(23)25-17(13)14-9-22(10-24-18(14)15)16-6-1-2-7-21-16/h1-2,6-8H,3-5,9-10H2/p+1. The summed E-state index contributed by atoms with van der Waals surface area (Å²) in [7, 11) is 0. The average molecular weight is 356 g/mol. The number of aryl methyl sites for hydroxylation is 1. The molecule has 0 saturated carbocycles. The van der Waals surface area contributed by atoms with Crippen LogP contribution in [0.15, 0.2) is 39.7 Å². The van der Waals surface area contributed by atoms with Gasteiger partial charge in [-0.2, -0.15) is 0 Å². The van der Waals surface area contributed by atoms with Gasteiger partial charge in [-0.05, 0) is 37.0 Å². The number of ether oxygens (including phenoxy) is 1. The van der Waals surface area contributed by atoms with Crippen molar-refractivity contribution in [1.82, 2.24) is 0 Å². The topological polar surface area (TPSA) is 56.8 Å². The number of benzene rings is 1. The molecular formula is C19H16ClN2O3+. The first kappa shape index (κ1) is 14.8. The second kappa shape index (κ2) is 5.49. The van der Waals surface area contributed by atoms with Crippen molar-refractivity contribution in [2.75, 3.05) is 11.6 Å². The van der Waals surface area contributed by atoms with Gasteiger partial charge in [-0.1, -0.05) is 17.7 Å². The Morgan fingerprint density at radius 2 is 2.04 bits per heavy atom. The van der Waals surface area contributed by atoms with Crippen molar-refractivity contribution in [3.63, 3.8) is 0 Å². The van der Waals surface area contributed by atoms with E-state index in [0.717, 1.165) is 47.2 Å². The van der Waals surface area contributed by atoms with E-state index in [2.05, 4.69) is 4.98 Å². The van der Waals surface area contributed by atoms with Gasteiger partial charge in [0.1, 0.15) is 12.1 Å². The lowest BCUT2D eigenvalue weighted by Crippen LogP contribution is -2.35. The van der Waals surface area contributed by atoms with Crippen molar-refractivity contribution in [1.29, 1.82) is 0 Å². The fraction of sp³-hybridized carbons (Fsp3) is 0.263. The van der Waals surface area contributed by atoms with E-state index in [1.54, 1.807) is 0 Å². The van der Waals surface area contributed by atoms with Crippen molar-refractivity contribution >= 4 is 28.4 Å². The van der Waals surface area contributed by atoms with Crippen LogP contribution in [0.5, 0.6) is 5.75 Å². The molecule has 1 aromatic carbocycles. The van der Waals surface area contributed by atoms with Gasteiger partial charge in [0.2, 0.25) is 6.73 Å². The molecule has 1 aliphatic heterocycles. The van der Waals surface area contributed by atoms with Crippen LogP contribution in [0, 0.1) is 0 Å². The SMILES string of the molecule is O=c1oc2c3c(c(Cl)cc2c2c1CCC2)OCN(c1cccc[nH+]1)C3. The Morgan fingerprint density at radius 1 is 1.16 bits per heavy atom. The van der Waals surface area contributed by atoms with E-state index in [9.17, 15) is 4.79 Å². The maximum Gasteiger partial charge on any atom is 0.339 e. The normalized spacial score (nSPS) is 15.8. The molecule has 0 atom stereocenters. The van der Waals surface area contributed by atoms with Gasteiger partial charge >= 0.3 is 5.63 Å². The van der Waals surface area contributed by atoms with Gasteiger partial charge in [0.25, 0.3) is 5.82 Å². The van der Waals surface area contributed by atoms with Crippen molar-refractivity contribution in [3.05, 3.63) is 62.6 Å². The molecule has 0 spiro atoms. The summed E-state index contributed by atoms with van der Waals surface area (Å²) in [4.78, 5) is 17.6. The molecule has 6 heteroatoms. The molecular weight excluding hydrogens is 340 g/mol. The van der Waals surface area contributed by atoms with Gasteiger partial charge in [0, 0.05) is 17.0 Å². The number of pyridine rings is 1. The van der Waals surface area contributed by atoms with Gasteiger partial charge in [-0.25, -0.2) is 14.7 Å². The first-order valence-electron chi connectivity index (χ1n) is 8.37.